The topological polar surface area (TPSA) is 90.9 Å². The van der Waals surface area contributed by atoms with Gasteiger partial charge in [0.1, 0.15) is 5.92 Å². The molecular weight excluding hydrogens is 470 g/mol. The molecule has 0 amide bonds. The summed E-state index contributed by atoms with van der Waals surface area (Å²) in [6, 6.07) is 15.0. The Morgan fingerprint density at radius 2 is 1.78 bits per heavy atom. The van der Waals surface area contributed by atoms with E-state index in [0.717, 1.165) is 11.3 Å². The number of ketones is 1. The highest BCUT2D eigenvalue weighted by molar-refractivity contribution is 6.01. The second-order valence-electron chi connectivity index (χ2n) is 9.96. The minimum atomic E-state index is -0.806. The predicted molar refractivity (Wildman–Crippen MR) is 139 cm³/mol. The van der Waals surface area contributed by atoms with E-state index in [2.05, 4.69) is 11.9 Å². The molecule has 1 aliphatic carbocycles. The fourth-order valence-electron chi connectivity index (χ4n) is 5.10. The van der Waals surface area contributed by atoms with Gasteiger partial charge in [-0.2, -0.15) is 0 Å². The summed E-state index contributed by atoms with van der Waals surface area (Å²) in [7, 11) is 1.47. The number of Topliss-reactive ketones (excluding diaryl/α,β-unsaturated/α-hetero) is 1. The van der Waals surface area contributed by atoms with Gasteiger partial charge in [0.05, 0.1) is 13.7 Å². The van der Waals surface area contributed by atoms with Gasteiger partial charge in [-0.05, 0) is 41.5 Å². The SMILES string of the molecule is C=C1NC2=C(C(=O)CC(c3ccccc3)C2)C(c2ccc(OC(C)=O)c(OC)c2)C1C(=O)OCC(C)C. The Balaban J connectivity index is 1.80. The maximum atomic E-state index is 13.7. The fourth-order valence-corrected chi connectivity index (χ4v) is 5.10. The number of methoxy groups -OCH3 is 1. The van der Waals surface area contributed by atoms with Gasteiger partial charge in [0.2, 0.25) is 0 Å². The van der Waals surface area contributed by atoms with Crippen LogP contribution in [-0.2, 0) is 19.1 Å². The number of hydrogen-bond acceptors (Lipinski definition) is 7. The van der Waals surface area contributed by atoms with Gasteiger partial charge in [0, 0.05) is 36.2 Å². The van der Waals surface area contributed by atoms with Gasteiger partial charge in [0.15, 0.2) is 17.3 Å². The second-order valence-corrected chi connectivity index (χ2v) is 9.96. The zero-order valence-corrected chi connectivity index (χ0v) is 21.7. The lowest BCUT2D eigenvalue weighted by Gasteiger charge is -2.40. The van der Waals surface area contributed by atoms with E-state index in [4.69, 9.17) is 14.2 Å². The Bertz CT molecular complexity index is 1250. The molecule has 4 rings (SSSR count). The normalized spacial score (nSPS) is 21.3. The Labute approximate surface area is 217 Å². The highest BCUT2D eigenvalue weighted by atomic mass is 16.6. The third-order valence-corrected chi connectivity index (χ3v) is 6.72. The molecule has 194 valence electrons. The van der Waals surface area contributed by atoms with E-state index in [1.165, 1.54) is 14.0 Å². The van der Waals surface area contributed by atoms with E-state index >= 15 is 0 Å². The maximum Gasteiger partial charge on any atom is 0.315 e. The van der Waals surface area contributed by atoms with Crippen LogP contribution in [0.3, 0.4) is 0 Å². The largest absolute Gasteiger partial charge is 0.493 e. The van der Waals surface area contributed by atoms with Crippen molar-refractivity contribution < 1.29 is 28.6 Å². The highest BCUT2D eigenvalue weighted by Crippen LogP contribution is 2.48. The van der Waals surface area contributed by atoms with Crippen molar-refractivity contribution >= 4 is 17.7 Å². The zero-order chi connectivity index (χ0) is 26.7. The van der Waals surface area contributed by atoms with E-state index in [0.29, 0.717) is 35.4 Å². The number of carbonyl (C=O) groups is 3. The van der Waals surface area contributed by atoms with Crippen LogP contribution >= 0.6 is 0 Å². The molecule has 2 aromatic rings. The Morgan fingerprint density at radius 3 is 2.43 bits per heavy atom. The van der Waals surface area contributed by atoms with Crippen LogP contribution in [0.4, 0.5) is 0 Å². The van der Waals surface area contributed by atoms with Crippen LogP contribution < -0.4 is 14.8 Å². The van der Waals surface area contributed by atoms with Crippen LogP contribution in [0.2, 0.25) is 0 Å². The van der Waals surface area contributed by atoms with Gasteiger partial charge < -0.3 is 19.5 Å². The van der Waals surface area contributed by atoms with Gasteiger partial charge in [-0.25, -0.2) is 0 Å². The summed E-state index contributed by atoms with van der Waals surface area (Å²) < 4.78 is 16.4. The van der Waals surface area contributed by atoms with Crippen molar-refractivity contribution in [2.45, 2.75) is 45.4 Å². The molecule has 1 N–H and O–H groups in total. The van der Waals surface area contributed by atoms with Gasteiger partial charge in [-0.3, -0.25) is 14.4 Å². The summed E-state index contributed by atoms with van der Waals surface area (Å²) in [5.41, 5.74) is 3.60. The first-order chi connectivity index (χ1) is 17.7. The van der Waals surface area contributed by atoms with Crippen molar-refractivity contribution in [2.24, 2.45) is 11.8 Å². The third kappa shape index (κ3) is 5.61. The molecule has 37 heavy (non-hydrogen) atoms. The molecule has 0 spiro atoms. The van der Waals surface area contributed by atoms with Crippen molar-refractivity contribution in [1.29, 1.82) is 0 Å². The number of esters is 2. The average molecular weight is 504 g/mol. The maximum absolute atomic E-state index is 13.7. The summed E-state index contributed by atoms with van der Waals surface area (Å²) in [6.45, 7) is 9.68. The summed E-state index contributed by atoms with van der Waals surface area (Å²) in [6.07, 6.45) is 0.959. The first-order valence-corrected chi connectivity index (χ1v) is 12.5. The minimum absolute atomic E-state index is 0.0233. The number of ether oxygens (including phenoxy) is 3. The zero-order valence-electron chi connectivity index (χ0n) is 21.7. The molecule has 7 nitrogen and oxygen atoms in total. The van der Waals surface area contributed by atoms with Crippen molar-refractivity contribution in [3.8, 4) is 11.5 Å². The molecule has 3 unspecified atom stereocenters. The molecule has 0 saturated carbocycles. The monoisotopic (exact) mass is 503 g/mol. The Morgan fingerprint density at radius 1 is 1.05 bits per heavy atom. The number of benzene rings is 2. The van der Waals surface area contributed by atoms with Gasteiger partial charge in [-0.1, -0.05) is 56.8 Å². The predicted octanol–water partition coefficient (Wildman–Crippen LogP) is 5.04. The standard InChI is InChI=1S/C30H33NO6/c1-17(2)16-36-30(34)27-18(3)31-23-13-22(20-9-7-6-8-10-20)14-24(33)29(23)28(27)21-11-12-25(37-19(4)32)26(15-21)35-5/h6-12,15,17,22,27-28,31H,3,13-14,16H2,1-2,4-5H3. The molecule has 0 fully saturated rings. The van der Waals surface area contributed by atoms with E-state index in [1.807, 2.05) is 44.2 Å². The van der Waals surface area contributed by atoms with Crippen LogP contribution in [0.25, 0.3) is 0 Å². The number of carbonyl (C=O) groups excluding carboxylic acids is 3. The summed E-state index contributed by atoms with van der Waals surface area (Å²) in [4.78, 5) is 38.6. The molecule has 0 radical (unpaired) electrons. The quantitative estimate of drug-likeness (QED) is 0.418. The Kier molecular flexibility index (Phi) is 7.81. The van der Waals surface area contributed by atoms with E-state index in [-0.39, 0.29) is 30.0 Å². The van der Waals surface area contributed by atoms with Crippen molar-refractivity contribution in [1.82, 2.24) is 5.32 Å². The summed E-state index contributed by atoms with van der Waals surface area (Å²) >= 11 is 0. The lowest BCUT2D eigenvalue weighted by Crippen LogP contribution is -2.42. The van der Waals surface area contributed by atoms with E-state index in [1.54, 1.807) is 18.2 Å². The van der Waals surface area contributed by atoms with Crippen LogP contribution in [0.15, 0.2) is 72.1 Å². The molecule has 0 saturated heterocycles. The van der Waals surface area contributed by atoms with Gasteiger partial charge >= 0.3 is 11.9 Å². The lowest BCUT2D eigenvalue weighted by molar-refractivity contribution is -0.149. The fraction of sp³-hybridized carbons (Fsp3) is 0.367. The smallest absolute Gasteiger partial charge is 0.315 e. The average Bonchev–Trinajstić information content (AvgIpc) is 2.86. The molecule has 1 heterocycles. The van der Waals surface area contributed by atoms with Crippen molar-refractivity contribution in [3.63, 3.8) is 0 Å². The van der Waals surface area contributed by atoms with Crippen molar-refractivity contribution in [2.75, 3.05) is 13.7 Å². The molecule has 0 aromatic heterocycles. The van der Waals surface area contributed by atoms with Crippen LogP contribution in [-0.4, -0.2) is 31.4 Å². The molecule has 1 aliphatic heterocycles. The molecular formula is C30H33NO6. The number of allylic oxidation sites excluding steroid dienone is 2. The number of nitrogens with one attached hydrogen (secondary N) is 1. The highest BCUT2D eigenvalue weighted by Gasteiger charge is 2.45. The van der Waals surface area contributed by atoms with E-state index in [9.17, 15) is 14.4 Å². The molecule has 0 bridgehead atoms. The first-order valence-electron chi connectivity index (χ1n) is 12.5. The molecule has 2 aromatic carbocycles. The summed E-state index contributed by atoms with van der Waals surface area (Å²) in [5.74, 6) is -1.58. The number of hydrogen-bond donors (Lipinski definition) is 1. The lowest BCUT2D eigenvalue weighted by atomic mass is 9.69. The second kappa shape index (κ2) is 11.0. The van der Waals surface area contributed by atoms with Gasteiger partial charge in [0.25, 0.3) is 0 Å². The minimum Gasteiger partial charge on any atom is -0.493 e. The van der Waals surface area contributed by atoms with Crippen LogP contribution in [0.5, 0.6) is 11.5 Å². The molecule has 3 atom stereocenters. The third-order valence-electron chi connectivity index (χ3n) is 6.72. The first kappa shape index (κ1) is 26.2. The molecule has 2 aliphatic rings. The van der Waals surface area contributed by atoms with Crippen molar-refractivity contribution in [3.05, 3.63) is 83.2 Å². The van der Waals surface area contributed by atoms with Crippen LogP contribution in [0, 0.1) is 11.8 Å². The summed E-state index contributed by atoms with van der Waals surface area (Å²) in [5, 5.41) is 3.30. The van der Waals surface area contributed by atoms with E-state index < -0.39 is 23.8 Å². The molecule has 7 heteroatoms. The Hall–Kier alpha value is -3.87. The number of rotatable bonds is 7. The van der Waals surface area contributed by atoms with Gasteiger partial charge in [-0.15, -0.1) is 0 Å². The van der Waals surface area contributed by atoms with Crippen LogP contribution in [0.1, 0.15) is 56.6 Å².